The average Bonchev–Trinajstić information content (AvgIpc) is 2.27. The normalized spacial score (nSPS) is 10.8. The third kappa shape index (κ3) is 2.41. The Morgan fingerprint density at radius 3 is 2.59 bits per heavy atom. The molecule has 1 heterocycles. The van der Waals surface area contributed by atoms with Gasteiger partial charge in [-0.25, -0.2) is 0 Å². The lowest BCUT2D eigenvalue weighted by molar-refractivity contribution is 0.980. The Hall–Kier alpha value is -1.57. The average molecular weight is 228 g/mol. The van der Waals surface area contributed by atoms with Gasteiger partial charge in [0.1, 0.15) is 0 Å². The number of hydrogen-bond donors (Lipinski definition) is 1. The summed E-state index contributed by atoms with van der Waals surface area (Å²) in [6, 6.07) is 6.54. The number of benzene rings is 1. The third-order valence-corrected chi connectivity index (χ3v) is 2.94. The molecule has 0 aliphatic rings. The highest BCUT2D eigenvalue weighted by molar-refractivity contribution is 5.93. The van der Waals surface area contributed by atoms with E-state index in [1.54, 1.807) is 0 Å². The Balaban J connectivity index is 2.64. The topological polar surface area (TPSA) is 24.9 Å². The van der Waals surface area contributed by atoms with Gasteiger partial charge in [0.05, 0.1) is 5.52 Å². The van der Waals surface area contributed by atoms with Crippen molar-refractivity contribution in [1.82, 2.24) is 4.98 Å². The first-order chi connectivity index (χ1) is 8.11. The van der Waals surface area contributed by atoms with Crippen LogP contribution in [0.3, 0.4) is 0 Å². The molecule has 0 unspecified atom stereocenters. The van der Waals surface area contributed by atoms with Crippen LogP contribution in [0, 0.1) is 20.8 Å². The van der Waals surface area contributed by atoms with Crippen molar-refractivity contribution in [3.05, 3.63) is 35.0 Å². The standard InChI is InChI=1S/C15H20N2/c1-5-6-16-14-9-12(4)17-15-11(3)7-10(2)8-13(14)15/h7-9H,5-6H2,1-4H3,(H,16,17). The van der Waals surface area contributed by atoms with Crippen LogP contribution in [0.1, 0.15) is 30.2 Å². The number of hydrogen-bond acceptors (Lipinski definition) is 2. The van der Waals surface area contributed by atoms with Crippen molar-refractivity contribution in [3.8, 4) is 0 Å². The van der Waals surface area contributed by atoms with Crippen molar-refractivity contribution in [3.63, 3.8) is 0 Å². The molecular weight excluding hydrogens is 208 g/mol. The fraction of sp³-hybridized carbons (Fsp3) is 0.400. The quantitative estimate of drug-likeness (QED) is 0.859. The van der Waals surface area contributed by atoms with Gasteiger partial charge >= 0.3 is 0 Å². The summed E-state index contributed by atoms with van der Waals surface area (Å²) in [6.07, 6.45) is 1.13. The van der Waals surface area contributed by atoms with E-state index in [9.17, 15) is 0 Å². The fourth-order valence-electron chi connectivity index (χ4n) is 2.21. The molecular formula is C15H20N2. The summed E-state index contributed by atoms with van der Waals surface area (Å²) in [7, 11) is 0. The van der Waals surface area contributed by atoms with Crippen molar-refractivity contribution < 1.29 is 0 Å². The molecule has 2 aromatic rings. The molecule has 0 spiro atoms. The van der Waals surface area contributed by atoms with E-state index in [1.807, 2.05) is 0 Å². The zero-order valence-corrected chi connectivity index (χ0v) is 11.1. The predicted molar refractivity (Wildman–Crippen MR) is 74.7 cm³/mol. The third-order valence-electron chi connectivity index (χ3n) is 2.94. The Morgan fingerprint density at radius 2 is 1.88 bits per heavy atom. The maximum Gasteiger partial charge on any atom is 0.0755 e. The number of nitrogens with one attached hydrogen (secondary N) is 1. The van der Waals surface area contributed by atoms with Crippen molar-refractivity contribution in [2.45, 2.75) is 34.1 Å². The molecule has 17 heavy (non-hydrogen) atoms. The molecule has 0 amide bonds. The number of rotatable bonds is 3. The van der Waals surface area contributed by atoms with E-state index in [1.165, 1.54) is 22.2 Å². The molecule has 2 heteroatoms. The van der Waals surface area contributed by atoms with Crippen LogP contribution < -0.4 is 5.32 Å². The van der Waals surface area contributed by atoms with Gasteiger partial charge in [-0.3, -0.25) is 4.98 Å². The predicted octanol–water partition coefficient (Wildman–Crippen LogP) is 3.98. The lowest BCUT2D eigenvalue weighted by atomic mass is 10.0. The van der Waals surface area contributed by atoms with Gasteiger partial charge in [0.2, 0.25) is 0 Å². The number of aryl methyl sites for hydroxylation is 3. The maximum atomic E-state index is 4.65. The summed E-state index contributed by atoms with van der Waals surface area (Å²) in [5.41, 5.74) is 5.95. The molecule has 0 radical (unpaired) electrons. The first kappa shape index (κ1) is 11.9. The Kier molecular flexibility index (Phi) is 3.32. The van der Waals surface area contributed by atoms with E-state index in [4.69, 9.17) is 0 Å². The number of nitrogens with zero attached hydrogens (tertiary/aromatic N) is 1. The Labute approximate surface area is 103 Å². The van der Waals surface area contributed by atoms with Crippen LogP contribution in [0.4, 0.5) is 5.69 Å². The molecule has 0 atom stereocenters. The smallest absolute Gasteiger partial charge is 0.0755 e. The first-order valence-corrected chi connectivity index (χ1v) is 6.24. The number of anilines is 1. The lowest BCUT2D eigenvalue weighted by Gasteiger charge is -2.12. The van der Waals surface area contributed by atoms with Gasteiger partial charge in [-0.05, 0) is 44.9 Å². The van der Waals surface area contributed by atoms with E-state index >= 15 is 0 Å². The second-order valence-corrected chi connectivity index (χ2v) is 4.72. The molecule has 2 nitrogen and oxygen atoms in total. The summed E-state index contributed by atoms with van der Waals surface area (Å²) in [4.78, 5) is 4.65. The van der Waals surface area contributed by atoms with Gasteiger partial charge in [-0.1, -0.05) is 18.6 Å². The highest BCUT2D eigenvalue weighted by atomic mass is 14.9. The highest BCUT2D eigenvalue weighted by Gasteiger charge is 2.06. The largest absolute Gasteiger partial charge is 0.384 e. The van der Waals surface area contributed by atoms with Crippen LogP contribution in [-0.4, -0.2) is 11.5 Å². The minimum atomic E-state index is 1.01. The SMILES string of the molecule is CCCNc1cc(C)nc2c(C)cc(C)cc12. The van der Waals surface area contributed by atoms with Gasteiger partial charge < -0.3 is 5.32 Å². The van der Waals surface area contributed by atoms with E-state index in [2.05, 4.69) is 56.2 Å². The van der Waals surface area contributed by atoms with Gasteiger partial charge in [0.15, 0.2) is 0 Å². The molecule has 0 saturated heterocycles. The zero-order valence-electron chi connectivity index (χ0n) is 11.1. The van der Waals surface area contributed by atoms with Crippen molar-refractivity contribution in [2.24, 2.45) is 0 Å². The van der Waals surface area contributed by atoms with Crippen molar-refractivity contribution >= 4 is 16.6 Å². The second kappa shape index (κ2) is 4.74. The molecule has 90 valence electrons. The number of pyridine rings is 1. The van der Waals surface area contributed by atoms with Gasteiger partial charge in [-0.2, -0.15) is 0 Å². The molecule has 0 saturated carbocycles. The first-order valence-electron chi connectivity index (χ1n) is 6.24. The second-order valence-electron chi connectivity index (χ2n) is 4.72. The number of aromatic nitrogens is 1. The van der Waals surface area contributed by atoms with Crippen LogP contribution >= 0.6 is 0 Å². The van der Waals surface area contributed by atoms with Gasteiger partial charge in [-0.15, -0.1) is 0 Å². The maximum absolute atomic E-state index is 4.65. The summed E-state index contributed by atoms with van der Waals surface area (Å²) in [5, 5.41) is 4.73. The number of fused-ring (bicyclic) bond motifs is 1. The summed E-state index contributed by atoms with van der Waals surface area (Å²) in [6.45, 7) is 9.50. The fourth-order valence-corrected chi connectivity index (χ4v) is 2.21. The van der Waals surface area contributed by atoms with E-state index < -0.39 is 0 Å². The van der Waals surface area contributed by atoms with E-state index in [0.717, 1.165) is 24.2 Å². The molecule has 1 N–H and O–H groups in total. The molecule has 0 aliphatic carbocycles. The van der Waals surface area contributed by atoms with Crippen LogP contribution in [0.5, 0.6) is 0 Å². The molecule has 1 aromatic carbocycles. The van der Waals surface area contributed by atoms with Crippen LogP contribution in [0.15, 0.2) is 18.2 Å². The van der Waals surface area contributed by atoms with Gasteiger partial charge in [0, 0.05) is 23.3 Å². The van der Waals surface area contributed by atoms with Crippen molar-refractivity contribution in [1.29, 1.82) is 0 Å². The van der Waals surface area contributed by atoms with E-state index in [-0.39, 0.29) is 0 Å². The highest BCUT2D eigenvalue weighted by Crippen LogP contribution is 2.26. The molecule has 2 rings (SSSR count). The monoisotopic (exact) mass is 228 g/mol. The Bertz CT molecular complexity index is 544. The Morgan fingerprint density at radius 1 is 1.12 bits per heavy atom. The summed E-state index contributed by atoms with van der Waals surface area (Å²) in [5.74, 6) is 0. The van der Waals surface area contributed by atoms with Crippen LogP contribution in [0.2, 0.25) is 0 Å². The molecule has 0 fully saturated rings. The molecule has 0 bridgehead atoms. The van der Waals surface area contributed by atoms with Crippen LogP contribution in [0.25, 0.3) is 10.9 Å². The molecule has 1 aromatic heterocycles. The zero-order chi connectivity index (χ0) is 12.4. The van der Waals surface area contributed by atoms with E-state index in [0.29, 0.717) is 0 Å². The van der Waals surface area contributed by atoms with Crippen molar-refractivity contribution in [2.75, 3.05) is 11.9 Å². The molecule has 0 aliphatic heterocycles. The summed E-state index contributed by atoms with van der Waals surface area (Å²) < 4.78 is 0. The minimum absolute atomic E-state index is 1.01. The lowest BCUT2D eigenvalue weighted by Crippen LogP contribution is -2.02. The van der Waals surface area contributed by atoms with Crippen LogP contribution in [-0.2, 0) is 0 Å². The van der Waals surface area contributed by atoms with Gasteiger partial charge in [0.25, 0.3) is 0 Å². The minimum Gasteiger partial charge on any atom is -0.384 e. The summed E-state index contributed by atoms with van der Waals surface area (Å²) >= 11 is 0.